The topological polar surface area (TPSA) is 67.4 Å². The molecule has 1 saturated heterocycles. The van der Waals surface area contributed by atoms with Gasteiger partial charge in [-0.2, -0.15) is 0 Å². The van der Waals surface area contributed by atoms with Gasteiger partial charge in [0.25, 0.3) is 0 Å². The van der Waals surface area contributed by atoms with E-state index in [-0.39, 0.29) is 12.1 Å². The Morgan fingerprint density at radius 2 is 2.20 bits per heavy atom. The predicted molar refractivity (Wildman–Crippen MR) is 78.0 cm³/mol. The van der Waals surface area contributed by atoms with Gasteiger partial charge in [0.05, 0.1) is 11.0 Å². The van der Waals surface area contributed by atoms with Gasteiger partial charge in [0, 0.05) is 19.2 Å². The first kappa shape index (κ1) is 15.4. The van der Waals surface area contributed by atoms with Gasteiger partial charge in [0.2, 0.25) is 10.0 Å². The highest BCUT2D eigenvalue weighted by molar-refractivity contribution is 7.89. The zero-order valence-electron chi connectivity index (χ0n) is 11.9. The SMILES string of the molecule is CNCc1cccc(S(=O)(=O)NC2CCOC(C)C2)c1. The summed E-state index contributed by atoms with van der Waals surface area (Å²) in [5.41, 5.74) is 0.954. The minimum absolute atomic E-state index is 0.0447. The standard InChI is InChI=1S/C14H22N2O3S/c1-11-8-13(6-7-19-11)16-20(17,18)14-5-3-4-12(9-14)10-15-2/h3-5,9,11,13,15-16H,6-8,10H2,1-2H3. The Bertz CT molecular complexity index is 545. The van der Waals surface area contributed by atoms with Crippen LogP contribution in [0.5, 0.6) is 0 Å². The number of ether oxygens (including phenoxy) is 1. The molecule has 0 aromatic heterocycles. The normalized spacial score (nSPS) is 23.7. The lowest BCUT2D eigenvalue weighted by atomic mass is 10.1. The van der Waals surface area contributed by atoms with Gasteiger partial charge in [0.1, 0.15) is 0 Å². The molecule has 1 aliphatic rings. The first-order valence-corrected chi connectivity index (χ1v) is 8.37. The molecule has 6 heteroatoms. The fourth-order valence-corrected chi connectivity index (χ4v) is 3.77. The van der Waals surface area contributed by atoms with Crippen LogP contribution in [0.15, 0.2) is 29.2 Å². The van der Waals surface area contributed by atoms with E-state index in [9.17, 15) is 8.42 Å². The lowest BCUT2D eigenvalue weighted by Gasteiger charge is -2.27. The number of benzene rings is 1. The molecule has 0 spiro atoms. The maximum Gasteiger partial charge on any atom is 0.240 e. The van der Waals surface area contributed by atoms with Crippen LogP contribution in [0.4, 0.5) is 0 Å². The average Bonchev–Trinajstić information content (AvgIpc) is 2.39. The summed E-state index contributed by atoms with van der Waals surface area (Å²) >= 11 is 0. The molecule has 20 heavy (non-hydrogen) atoms. The number of hydrogen-bond acceptors (Lipinski definition) is 4. The molecule has 2 atom stereocenters. The molecule has 0 amide bonds. The van der Waals surface area contributed by atoms with Crippen molar-refractivity contribution in [2.24, 2.45) is 0 Å². The third-order valence-electron chi connectivity index (χ3n) is 3.40. The zero-order chi connectivity index (χ0) is 14.6. The molecule has 1 aromatic rings. The summed E-state index contributed by atoms with van der Waals surface area (Å²) in [5, 5.41) is 3.02. The second kappa shape index (κ2) is 6.67. The Hall–Kier alpha value is -0.950. The van der Waals surface area contributed by atoms with Gasteiger partial charge < -0.3 is 10.1 Å². The summed E-state index contributed by atoms with van der Waals surface area (Å²) in [6.45, 7) is 3.22. The first-order valence-electron chi connectivity index (χ1n) is 6.89. The molecule has 5 nitrogen and oxygen atoms in total. The van der Waals surface area contributed by atoms with Gasteiger partial charge in [0.15, 0.2) is 0 Å². The molecule has 112 valence electrons. The minimum atomic E-state index is -3.46. The van der Waals surface area contributed by atoms with Crippen LogP contribution < -0.4 is 10.0 Å². The van der Waals surface area contributed by atoms with E-state index in [4.69, 9.17) is 4.74 Å². The second-order valence-corrected chi connectivity index (χ2v) is 6.92. The molecule has 1 fully saturated rings. The van der Waals surface area contributed by atoms with Crippen molar-refractivity contribution in [3.8, 4) is 0 Å². The third-order valence-corrected chi connectivity index (χ3v) is 4.91. The van der Waals surface area contributed by atoms with Crippen molar-refractivity contribution in [3.05, 3.63) is 29.8 Å². The van der Waals surface area contributed by atoms with Crippen LogP contribution in [0, 0.1) is 0 Å². The van der Waals surface area contributed by atoms with Crippen molar-refractivity contribution in [3.63, 3.8) is 0 Å². The van der Waals surface area contributed by atoms with Crippen molar-refractivity contribution in [1.82, 2.24) is 10.0 Å². The second-order valence-electron chi connectivity index (χ2n) is 5.20. The minimum Gasteiger partial charge on any atom is -0.378 e. The van der Waals surface area contributed by atoms with E-state index in [2.05, 4.69) is 10.0 Å². The maximum absolute atomic E-state index is 12.4. The molecule has 1 heterocycles. The van der Waals surface area contributed by atoms with Gasteiger partial charge in [-0.15, -0.1) is 0 Å². The molecular formula is C14H22N2O3S. The number of sulfonamides is 1. The highest BCUT2D eigenvalue weighted by Gasteiger charge is 2.25. The Balaban J connectivity index is 2.11. The van der Waals surface area contributed by atoms with Gasteiger partial charge >= 0.3 is 0 Å². The van der Waals surface area contributed by atoms with Crippen LogP contribution in [0.25, 0.3) is 0 Å². The van der Waals surface area contributed by atoms with E-state index in [0.29, 0.717) is 18.0 Å². The Morgan fingerprint density at radius 3 is 2.90 bits per heavy atom. The predicted octanol–water partition coefficient (Wildman–Crippen LogP) is 1.25. The van der Waals surface area contributed by atoms with E-state index in [1.165, 1.54) is 0 Å². The average molecular weight is 298 g/mol. The van der Waals surface area contributed by atoms with Crippen molar-refractivity contribution in [2.75, 3.05) is 13.7 Å². The molecule has 0 radical (unpaired) electrons. The van der Waals surface area contributed by atoms with Crippen molar-refractivity contribution in [1.29, 1.82) is 0 Å². The highest BCUT2D eigenvalue weighted by atomic mass is 32.2. The van der Waals surface area contributed by atoms with E-state index >= 15 is 0 Å². The van der Waals surface area contributed by atoms with Gasteiger partial charge in [-0.3, -0.25) is 0 Å². The van der Waals surface area contributed by atoms with E-state index < -0.39 is 10.0 Å². The molecule has 2 rings (SSSR count). The molecule has 0 saturated carbocycles. The number of nitrogens with one attached hydrogen (secondary N) is 2. The number of hydrogen-bond donors (Lipinski definition) is 2. The molecule has 2 unspecified atom stereocenters. The van der Waals surface area contributed by atoms with E-state index in [1.54, 1.807) is 18.2 Å². The Labute approximate surface area is 120 Å². The highest BCUT2D eigenvalue weighted by Crippen LogP contribution is 2.17. The van der Waals surface area contributed by atoms with Crippen LogP contribution >= 0.6 is 0 Å². The third kappa shape index (κ3) is 4.02. The summed E-state index contributed by atoms with van der Waals surface area (Å²) in [7, 11) is -1.62. The van der Waals surface area contributed by atoms with E-state index in [1.807, 2.05) is 20.0 Å². The summed E-state index contributed by atoms with van der Waals surface area (Å²) in [6.07, 6.45) is 1.54. The monoisotopic (exact) mass is 298 g/mol. The van der Waals surface area contributed by atoms with Crippen molar-refractivity contribution < 1.29 is 13.2 Å². The largest absolute Gasteiger partial charge is 0.378 e. The molecule has 2 N–H and O–H groups in total. The smallest absolute Gasteiger partial charge is 0.240 e. The van der Waals surface area contributed by atoms with Gasteiger partial charge in [-0.1, -0.05) is 12.1 Å². The van der Waals surface area contributed by atoms with Gasteiger partial charge in [-0.05, 0) is 44.5 Å². The van der Waals surface area contributed by atoms with Crippen LogP contribution in [0.2, 0.25) is 0 Å². The molecule has 0 bridgehead atoms. The van der Waals surface area contributed by atoms with Crippen molar-refractivity contribution >= 4 is 10.0 Å². The lowest BCUT2D eigenvalue weighted by Crippen LogP contribution is -2.41. The van der Waals surface area contributed by atoms with Crippen molar-refractivity contribution in [2.45, 2.75) is 43.4 Å². The van der Waals surface area contributed by atoms with Crippen LogP contribution in [-0.2, 0) is 21.3 Å². The molecule has 0 aliphatic carbocycles. The maximum atomic E-state index is 12.4. The quantitative estimate of drug-likeness (QED) is 0.858. The number of rotatable bonds is 5. The lowest BCUT2D eigenvalue weighted by molar-refractivity contribution is 0.0173. The molecule has 1 aromatic carbocycles. The van der Waals surface area contributed by atoms with Crippen LogP contribution in [0.1, 0.15) is 25.3 Å². The summed E-state index contributed by atoms with van der Waals surface area (Å²) in [6, 6.07) is 6.97. The van der Waals surface area contributed by atoms with E-state index in [0.717, 1.165) is 18.4 Å². The molecular weight excluding hydrogens is 276 g/mol. The van der Waals surface area contributed by atoms with Gasteiger partial charge in [-0.25, -0.2) is 13.1 Å². The van der Waals surface area contributed by atoms with Crippen LogP contribution in [0.3, 0.4) is 0 Å². The fourth-order valence-electron chi connectivity index (χ4n) is 2.42. The Morgan fingerprint density at radius 1 is 1.40 bits per heavy atom. The fraction of sp³-hybridized carbons (Fsp3) is 0.571. The zero-order valence-corrected chi connectivity index (χ0v) is 12.7. The molecule has 1 aliphatic heterocycles. The summed E-state index contributed by atoms with van der Waals surface area (Å²) in [4.78, 5) is 0.324. The Kier molecular flexibility index (Phi) is 5.15. The van der Waals surface area contributed by atoms with Crippen LogP contribution in [-0.4, -0.2) is 34.2 Å². The summed E-state index contributed by atoms with van der Waals surface area (Å²) in [5.74, 6) is 0. The summed E-state index contributed by atoms with van der Waals surface area (Å²) < 4.78 is 33.0. The first-order chi connectivity index (χ1) is 9.51.